The first-order chi connectivity index (χ1) is 9.13. The first-order valence-corrected chi connectivity index (χ1v) is 6.81. The number of nitrogens with two attached hydrogens (primary N) is 1. The molecule has 0 fully saturated rings. The smallest absolute Gasteiger partial charge is 0.224 e. The van der Waals surface area contributed by atoms with E-state index in [1.165, 1.54) is 0 Å². The topological polar surface area (TPSA) is 83.8 Å². The van der Waals surface area contributed by atoms with Gasteiger partial charge in [0.15, 0.2) is 0 Å². The van der Waals surface area contributed by atoms with Gasteiger partial charge < -0.3 is 16.0 Å². The quantitative estimate of drug-likeness (QED) is 0.792. The molecule has 1 aromatic carbocycles. The predicted molar refractivity (Wildman–Crippen MR) is 75.7 cm³/mol. The number of amides is 1. The molecule has 1 aliphatic heterocycles. The van der Waals surface area contributed by atoms with Crippen LogP contribution in [0.1, 0.15) is 29.4 Å². The van der Waals surface area contributed by atoms with E-state index in [9.17, 15) is 4.79 Å². The Morgan fingerprint density at radius 3 is 2.95 bits per heavy atom. The van der Waals surface area contributed by atoms with Gasteiger partial charge >= 0.3 is 0 Å². The van der Waals surface area contributed by atoms with Crippen LogP contribution in [-0.4, -0.2) is 15.9 Å². The summed E-state index contributed by atoms with van der Waals surface area (Å²) in [7, 11) is 0. The minimum Gasteiger partial charge on any atom is -0.335 e. The number of aryl methyl sites for hydroxylation is 1. The van der Waals surface area contributed by atoms with Crippen molar-refractivity contribution in [2.45, 2.75) is 18.9 Å². The standard InChI is InChI=1S/C13H13BrN4O/c14-10-6-16-13(18-10)12(15)8-1-3-9-7(5-8)2-4-11(19)17-9/h1,3,5-6,12H,2,4,15H2,(H,16,18)(H,17,19). The lowest BCUT2D eigenvalue weighted by atomic mass is 9.97. The van der Waals surface area contributed by atoms with Gasteiger partial charge in [-0.1, -0.05) is 12.1 Å². The van der Waals surface area contributed by atoms with E-state index in [4.69, 9.17) is 5.73 Å². The van der Waals surface area contributed by atoms with Gasteiger partial charge in [-0.3, -0.25) is 4.79 Å². The maximum Gasteiger partial charge on any atom is 0.224 e. The van der Waals surface area contributed by atoms with E-state index in [1.807, 2.05) is 18.2 Å². The van der Waals surface area contributed by atoms with Crippen LogP contribution in [0, 0.1) is 0 Å². The number of rotatable bonds is 2. The van der Waals surface area contributed by atoms with E-state index in [1.54, 1.807) is 6.20 Å². The first-order valence-electron chi connectivity index (χ1n) is 6.02. The van der Waals surface area contributed by atoms with E-state index in [0.717, 1.165) is 27.8 Å². The van der Waals surface area contributed by atoms with E-state index < -0.39 is 0 Å². The summed E-state index contributed by atoms with van der Waals surface area (Å²) in [6.45, 7) is 0. The second-order valence-electron chi connectivity index (χ2n) is 4.56. The third-order valence-corrected chi connectivity index (χ3v) is 3.65. The number of hydrogen-bond donors (Lipinski definition) is 3. The van der Waals surface area contributed by atoms with Crippen LogP contribution in [0.2, 0.25) is 0 Å². The normalized spacial score (nSPS) is 15.8. The minimum absolute atomic E-state index is 0.0690. The van der Waals surface area contributed by atoms with E-state index in [2.05, 4.69) is 31.2 Å². The molecule has 0 spiro atoms. The molecular formula is C13H13BrN4O. The number of nitrogens with one attached hydrogen (secondary N) is 2. The number of imidazole rings is 1. The van der Waals surface area contributed by atoms with Gasteiger partial charge in [-0.25, -0.2) is 4.98 Å². The lowest BCUT2D eigenvalue weighted by Gasteiger charge is -2.19. The number of hydrogen-bond acceptors (Lipinski definition) is 3. The van der Waals surface area contributed by atoms with Crippen molar-refractivity contribution in [3.05, 3.63) is 46.0 Å². The second kappa shape index (κ2) is 4.79. The third kappa shape index (κ3) is 2.41. The zero-order chi connectivity index (χ0) is 13.4. The molecule has 1 amide bonds. The molecule has 1 unspecified atom stereocenters. The van der Waals surface area contributed by atoms with Gasteiger partial charge in [0, 0.05) is 12.1 Å². The molecule has 6 heteroatoms. The summed E-state index contributed by atoms with van der Waals surface area (Å²) in [4.78, 5) is 18.6. The predicted octanol–water partition coefficient (Wildman–Crippen LogP) is 2.10. The van der Waals surface area contributed by atoms with Crippen LogP contribution in [-0.2, 0) is 11.2 Å². The van der Waals surface area contributed by atoms with Crippen LogP contribution in [0.4, 0.5) is 5.69 Å². The molecule has 2 aromatic rings. The number of aromatic nitrogens is 2. The number of anilines is 1. The lowest BCUT2D eigenvalue weighted by Crippen LogP contribution is -2.20. The number of carbonyl (C=O) groups excluding carboxylic acids is 1. The number of nitrogens with zero attached hydrogens (tertiary/aromatic N) is 1. The Morgan fingerprint density at radius 2 is 2.21 bits per heavy atom. The summed E-state index contributed by atoms with van der Waals surface area (Å²) in [6, 6.07) is 5.57. The average molecular weight is 321 g/mol. The summed E-state index contributed by atoms with van der Waals surface area (Å²) >= 11 is 3.32. The molecular weight excluding hydrogens is 308 g/mol. The molecule has 19 heavy (non-hydrogen) atoms. The Morgan fingerprint density at radius 1 is 1.37 bits per heavy atom. The number of carbonyl (C=O) groups is 1. The van der Waals surface area contributed by atoms with Gasteiger partial charge in [-0.05, 0) is 39.5 Å². The van der Waals surface area contributed by atoms with Gasteiger partial charge in [0.05, 0.1) is 12.2 Å². The fourth-order valence-corrected chi connectivity index (χ4v) is 2.53. The zero-order valence-corrected chi connectivity index (χ0v) is 11.7. The maximum atomic E-state index is 11.3. The van der Waals surface area contributed by atoms with Crippen LogP contribution in [0.5, 0.6) is 0 Å². The van der Waals surface area contributed by atoms with Crippen LogP contribution in [0.15, 0.2) is 29.0 Å². The average Bonchev–Trinajstić information content (AvgIpc) is 2.84. The molecule has 0 saturated carbocycles. The first kappa shape index (κ1) is 12.4. The van der Waals surface area contributed by atoms with Crippen molar-refractivity contribution in [1.29, 1.82) is 0 Å². The molecule has 0 bridgehead atoms. The number of halogens is 1. The Labute approximate surface area is 118 Å². The van der Waals surface area contributed by atoms with Crippen LogP contribution in [0.25, 0.3) is 0 Å². The fraction of sp³-hybridized carbons (Fsp3) is 0.231. The highest BCUT2D eigenvalue weighted by atomic mass is 79.9. The second-order valence-corrected chi connectivity index (χ2v) is 5.41. The van der Waals surface area contributed by atoms with Crippen LogP contribution >= 0.6 is 15.9 Å². The molecule has 1 atom stereocenters. The SMILES string of the molecule is NC(c1ccc2c(c1)CCC(=O)N2)c1ncc(Br)[nH]1. The number of H-pyrrole nitrogens is 1. The van der Waals surface area contributed by atoms with Crippen LogP contribution in [0.3, 0.4) is 0 Å². The largest absolute Gasteiger partial charge is 0.335 e. The lowest BCUT2D eigenvalue weighted by molar-refractivity contribution is -0.116. The van der Waals surface area contributed by atoms with Gasteiger partial charge in [-0.2, -0.15) is 0 Å². The molecule has 1 aliphatic rings. The molecule has 4 N–H and O–H groups in total. The highest BCUT2D eigenvalue weighted by Crippen LogP contribution is 2.27. The maximum absolute atomic E-state index is 11.3. The number of fused-ring (bicyclic) bond motifs is 1. The molecule has 2 heterocycles. The molecule has 98 valence electrons. The molecule has 1 aromatic heterocycles. The fourth-order valence-electron chi connectivity index (χ4n) is 2.23. The number of benzene rings is 1. The Bertz CT molecular complexity index is 637. The van der Waals surface area contributed by atoms with Crippen molar-refractivity contribution in [1.82, 2.24) is 9.97 Å². The Kier molecular flexibility index (Phi) is 3.12. The van der Waals surface area contributed by atoms with Crippen LogP contribution < -0.4 is 11.1 Å². The summed E-state index contributed by atoms with van der Waals surface area (Å²) in [5, 5.41) is 2.86. The summed E-state index contributed by atoms with van der Waals surface area (Å²) in [6.07, 6.45) is 2.97. The van der Waals surface area contributed by atoms with E-state index >= 15 is 0 Å². The minimum atomic E-state index is -0.297. The van der Waals surface area contributed by atoms with Crippen molar-refractivity contribution in [2.75, 3.05) is 5.32 Å². The van der Waals surface area contributed by atoms with Gasteiger partial charge in [0.1, 0.15) is 10.4 Å². The molecule has 0 aliphatic carbocycles. The third-order valence-electron chi connectivity index (χ3n) is 3.24. The van der Waals surface area contributed by atoms with Gasteiger partial charge in [-0.15, -0.1) is 0 Å². The molecule has 0 radical (unpaired) electrons. The molecule has 0 saturated heterocycles. The van der Waals surface area contributed by atoms with E-state index in [-0.39, 0.29) is 11.9 Å². The Balaban J connectivity index is 1.92. The van der Waals surface area contributed by atoms with Gasteiger partial charge in [0.2, 0.25) is 5.91 Å². The zero-order valence-electron chi connectivity index (χ0n) is 10.1. The summed E-state index contributed by atoms with van der Waals surface area (Å²) in [5.41, 5.74) is 9.18. The van der Waals surface area contributed by atoms with Crippen molar-refractivity contribution in [2.24, 2.45) is 5.73 Å². The van der Waals surface area contributed by atoms with Crippen molar-refractivity contribution in [3.8, 4) is 0 Å². The molecule has 5 nitrogen and oxygen atoms in total. The highest BCUT2D eigenvalue weighted by Gasteiger charge is 2.18. The van der Waals surface area contributed by atoms with Gasteiger partial charge in [0.25, 0.3) is 0 Å². The Hall–Kier alpha value is -1.66. The monoisotopic (exact) mass is 320 g/mol. The van der Waals surface area contributed by atoms with Crippen molar-refractivity contribution in [3.63, 3.8) is 0 Å². The summed E-state index contributed by atoms with van der Waals surface area (Å²) in [5.74, 6) is 0.784. The number of aromatic amines is 1. The van der Waals surface area contributed by atoms with Crippen molar-refractivity contribution >= 4 is 27.5 Å². The highest BCUT2D eigenvalue weighted by molar-refractivity contribution is 9.10. The summed E-state index contributed by atoms with van der Waals surface area (Å²) < 4.78 is 0.808. The van der Waals surface area contributed by atoms with Crippen molar-refractivity contribution < 1.29 is 4.79 Å². The molecule has 3 rings (SSSR count). The van der Waals surface area contributed by atoms with E-state index in [0.29, 0.717) is 12.2 Å².